The summed E-state index contributed by atoms with van der Waals surface area (Å²) in [4.78, 5) is 2.08. The maximum Gasteiger partial charge on any atom is 0.244 e. The molecule has 1 fully saturated rings. The highest BCUT2D eigenvalue weighted by atomic mass is 32.2. The van der Waals surface area contributed by atoms with Gasteiger partial charge < -0.3 is 10.5 Å². The zero-order chi connectivity index (χ0) is 14.2. The predicted molar refractivity (Wildman–Crippen MR) is 75.7 cm³/mol. The molecule has 1 aromatic rings. The molecule has 108 valence electrons. The molecule has 7 heteroatoms. The second-order valence-electron chi connectivity index (χ2n) is 4.92. The van der Waals surface area contributed by atoms with E-state index in [9.17, 15) is 8.42 Å². The molecular weight excluding hydrogens is 284 g/mol. The molecule has 0 saturated carbocycles. The summed E-state index contributed by atoms with van der Waals surface area (Å²) in [5, 5.41) is 0. The van der Waals surface area contributed by atoms with Crippen LogP contribution >= 0.6 is 11.3 Å². The Morgan fingerprint density at radius 2 is 2.00 bits per heavy atom. The summed E-state index contributed by atoms with van der Waals surface area (Å²) in [6.45, 7) is 6.79. The SMILES string of the molecule is Cc1sc(CN)cc1S(=O)(=O)N1C[C@@H](C)O[C@@H](C)C1. The van der Waals surface area contributed by atoms with Crippen molar-refractivity contribution < 1.29 is 13.2 Å². The number of nitrogens with zero attached hydrogens (tertiary/aromatic N) is 1. The first-order chi connectivity index (χ1) is 8.84. The first-order valence-corrected chi connectivity index (χ1v) is 8.55. The molecule has 1 aliphatic rings. The summed E-state index contributed by atoms with van der Waals surface area (Å²) < 4.78 is 32.4. The number of morpholine rings is 1. The third-order valence-electron chi connectivity index (χ3n) is 3.13. The third kappa shape index (κ3) is 3.00. The number of rotatable bonds is 3. The van der Waals surface area contributed by atoms with Gasteiger partial charge in [-0.05, 0) is 26.8 Å². The fourth-order valence-electron chi connectivity index (χ4n) is 2.35. The van der Waals surface area contributed by atoms with Crippen LogP contribution in [-0.4, -0.2) is 38.0 Å². The van der Waals surface area contributed by atoms with Crippen molar-refractivity contribution in [3.8, 4) is 0 Å². The number of sulfonamides is 1. The Morgan fingerprint density at radius 3 is 2.47 bits per heavy atom. The van der Waals surface area contributed by atoms with Gasteiger partial charge in [0.05, 0.1) is 17.1 Å². The van der Waals surface area contributed by atoms with E-state index >= 15 is 0 Å². The number of hydrogen-bond acceptors (Lipinski definition) is 5. The van der Waals surface area contributed by atoms with Crippen molar-refractivity contribution >= 4 is 21.4 Å². The van der Waals surface area contributed by atoms with Gasteiger partial charge in [-0.2, -0.15) is 4.31 Å². The minimum absolute atomic E-state index is 0.0774. The molecule has 0 aromatic carbocycles. The van der Waals surface area contributed by atoms with E-state index in [0.29, 0.717) is 24.5 Å². The summed E-state index contributed by atoms with van der Waals surface area (Å²) in [6.07, 6.45) is -0.155. The molecule has 19 heavy (non-hydrogen) atoms. The van der Waals surface area contributed by atoms with Crippen molar-refractivity contribution in [3.05, 3.63) is 15.8 Å². The smallest absolute Gasteiger partial charge is 0.244 e. The van der Waals surface area contributed by atoms with Crippen LogP contribution < -0.4 is 5.73 Å². The monoisotopic (exact) mass is 304 g/mol. The van der Waals surface area contributed by atoms with Crippen LogP contribution in [-0.2, 0) is 21.3 Å². The fourth-order valence-corrected chi connectivity index (χ4v) is 5.42. The van der Waals surface area contributed by atoms with E-state index in [1.54, 1.807) is 6.07 Å². The quantitative estimate of drug-likeness (QED) is 0.914. The minimum Gasteiger partial charge on any atom is -0.373 e. The molecule has 1 saturated heterocycles. The van der Waals surface area contributed by atoms with Crippen LogP contribution in [0.3, 0.4) is 0 Å². The Balaban J connectivity index is 2.33. The second-order valence-corrected chi connectivity index (χ2v) is 8.16. The fraction of sp³-hybridized carbons (Fsp3) is 0.667. The number of hydrogen-bond donors (Lipinski definition) is 1. The summed E-state index contributed by atoms with van der Waals surface area (Å²) in [6, 6.07) is 1.69. The number of aryl methyl sites for hydroxylation is 1. The highest BCUT2D eigenvalue weighted by Crippen LogP contribution is 2.29. The van der Waals surface area contributed by atoms with Gasteiger partial charge in [0.2, 0.25) is 10.0 Å². The van der Waals surface area contributed by atoms with Crippen molar-refractivity contribution in [1.82, 2.24) is 4.31 Å². The van der Waals surface area contributed by atoms with Crippen LogP contribution in [0.5, 0.6) is 0 Å². The van der Waals surface area contributed by atoms with Crippen molar-refractivity contribution in [1.29, 1.82) is 0 Å². The maximum atomic E-state index is 12.7. The van der Waals surface area contributed by atoms with Crippen molar-refractivity contribution in [2.24, 2.45) is 5.73 Å². The zero-order valence-electron chi connectivity index (χ0n) is 11.4. The van der Waals surface area contributed by atoms with Gasteiger partial charge >= 0.3 is 0 Å². The largest absolute Gasteiger partial charge is 0.373 e. The molecule has 1 aromatic heterocycles. The Morgan fingerprint density at radius 1 is 1.42 bits per heavy atom. The van der Waals surface area contributed by atoms with E-state index in [4.69, 9.17) is 10.5 Å². The van der Waals surface area contributed by atoms with E-state index in [-0.39, 0.29) is 12.2 Å². The van der Waals surface area contributed by atoms with Crippen LogP contribution in [0.25, 0.3) is 0 Å². The van der Waals surface area contributed by atoms with Crippen molar-refractivity contribution in [2.75, 3.05) is 13.1 Å². The average Bonchev–Trinajstić information content (AvgIpc) is 2.70. The standard InChI is InChI=1S/C12H20N2O3S2/c1-8-6-14(7-9(2)17-8)19(15,16)12-4-11(5-13)18-10(12)3/h4,8-9H,5-7,13H2,1-3H3/t8-,9+. The minimum atomic E-state index is -3.44. The van der Waals surface area contributed by atoms with E-state index in [1.165, 1.54) is 15.6 Å². The predicted octanol–water partition coefficient (Wildman–Crippen LogP) is 1.31. The molecule has 0 unspecified atom stereocenters. The molecule has 0 aliphatic carbocycles. The van der Waals surface area contributed by atoms with Crippen molar-refractivity contribution in [2.45, 2.75) is 44.4 Å². The maximum absolute atomic E-state index is 12.7. The van der Waals surface area contributed by atoms with Crippen LogP contribution in [0, 0.1) is 6.92 Å². The Kier molecular flexibility index (Phi) is 4.32. The normalized spacial score (nSPS) is 25.7. The molecule has 0 spiro atoms. The highest BCUT2D eigenvalue weighted by molar-refractivity contribution is 7.89. The van der Waals surface area contributed by atoms with Crippen molar-refractivity contribution in [3.63, 3.8) is 0 Å². The number of thiophene rings is 1. The lowest BCUT2D eigenvalue weighted by molar-refractivity contribution is -0.0440. The van der Waals surface area contributed by atoms with E-state index < -0.39 is 10.0 Å². The molecule has 2 atom stereocenters. The Hall–Kier alpha value is -0.470. The van der Waals surface area contributed by atoms with Crippen LogP contribution in [0.1, 0.15) is 23.6 Å². The Bertz CT molecular complexity index is 543. The van der Waals surface area contributed by atoms with Gasteiger partial charge in [-0.3, -0.25) is 0 Å². The molecule has 2 N–H and O–H groups in total. The number of nitrogens with two attached hydrogens (primary N) is 1. The first-order valence-electron chi connectivity index (χ1n) is 6.29. The second kappa shape index (κ2) is 5.49. The van der Waals surface area contributed by atoms with E-state index in [2.05, 4.69) is 0 Å². The van der Waals surface area contributed by atoms with Crippen LogP contribution in [0.15, 0.2) is 11.0 Å². The third-order valence-corrected chi connectivity index (χ3v) is 6.29. The molecule has 2 heterocycles. The summed E-state index contributed by atoms with van der Waals surface area (Å²) >= 11 is 1.44. The molecule has 0 radical (unpaired) electrons. The number of ether oxygens (including phenoxy) is 1. The first kappa shape index (κ1) is 14.9. The van der Waals surface area contributed by atoms with Gasteiger partial charge in [-0.25, -0.2) is 8.42 Å². The lowest BCUT2D eigenvalue weighted by atomic mass is 10.3. The van der Waals surface area contributed by atoms with Crippen LogP contribution in [0.2, 0.25) is 0 Å². The summed E-state index contributed by atoms with van der Waals surface area (Å²) in [5.74, 6) is 0. The van der Waals surface area contributed by atoms with Gasteiger partial charge in [0.1, 0.15) is 0 Å². The molecule has 5 nitrogen and oxygen atoms in total. The topological polar surface area (TPSA) is 72.6 Å². The Labute approximate surface area is 118 Å². The molecular formula is C12H20N2O3S2. The molecule has 1 aliphatic heterocycles. The van der Waals surface area contributed by atoms with E-state index in [1.807, 2.05) is 20.8 Å². The van der Waals surface area contributed by atoms with E-state index in [0.717, 1.165) is 9.75 Å². The lowest BCUT2D eigenvalue weighted by Crippen LogP contribution is -2.48. The van der Waals surface area contributed by atoms with Gasteiger partial charge in [0, 0.05) is 29.4 Å². The van der Waals surface area contributed by atoms with Gasteiger partial charge in [-0.15, -0.1) is 11.3 Å². The molecule has 2 rings (SSSR count). The highest BCUT2D eigenvalue weighted by Gasteiger charge is 2.33. The van der Waals surface area contributed by atoms with Gasteiger partial charge in [-0.1, -0.05) is 0 Å². The average molecular weight is 304 g/mol. The lowest BCUT2D eigenvalue weighted by Gasteiger charge is -2.34. The molecule has 0 amide bonds. The summed E-state index contributed by atoms with van der Waals surface area (Å²) in [5.41, 5.74) is 5.58. The van der Waals surface area contributed by atoms with Gasteiger partial charge in [0.25, 0.3) is 0 Å². The molecule has 0 bridgehead atoms. The van der Waals surface area contributed by atoms with Gasteiger partial charge in [0.15, 0.2) is 0 Å². The zero-order valence-corrected chi connectivity index (χ0v) is 13.1. The summed E-state index contributed by atoms with van der Waals surface area (Å²) in [7, 11) is -3.44. The van der Waals surface area contributed by atoms with Crippen LogP contribution in [0.4, 0.5) is 0 Å².